The number of likely N-dealkylation sites (tertiary alicyclic amines) is 1. The highest BCUT2D eigenvalue weighted by Gasteiger charge is 2.36. The smallest absolute Gasteiger partial charge is 0.250 e. The minimum Gasteiger partial charge on any atom is -0.340 e. The lowest BCUT2D eigenvalue weighted by molar-refractivity contribution is -0.134. The summed E-state index contributed by atoms with van der Waals surface area (Å²) in [7, 11) is 0. The van der Waals surface area contributed by atoms with Crippen molar-refractivity contribution in [3.05, 3.63) is 70.8 Å². The Morgan fingerprint density at radius 2 is 1.88 bits per heavy atom. The second-order valence-electron chi connectivity index (χ2n) is 7.50. The Balaban J connectivity index is 1.39. The Labute approximate surface area is 151 Å². The van der Waals surface area contributed by atoms with E-state index in [1.807, 2.05) is 44.5 Å². The van der Waals surface area contributed by atoms with E-state index < -0.39 is 0 Å². The highest BCUT2D eigenvalue weighted by atomic mass is 16.2. The number of pyridine rings is 1. The molecule has 0 unspecified atom stereocenters. The second kappa shape index (κ2) is 5.87. The standard InChI is InChI=1S/C21H21N3O2/c25-20-7-3-6-19-17-10-15(12-24(19)20)11-23(13-17)21(26)14-22-9-8-16-4-1-2-5-18(16)22/h1-9,15,17H,10-14H2/t15-,17-/m1/s1. The van der Waals surface area contributed by atoms with Crippen LogP contribution in [0.15, 0.2) is 59.5 Å². The number of fused-ring (bicyclic) bond motifs is 5. The summed E-state index contributed by atoms with van der Waals surface area (Å²) in [6.07, 6.45) is 3.06. The minimum atomic E-state index is 0.0794. The zero-order chi connectivity index (χ0) is 17.7. The summed E-state index contributed by atoms with van der Waals surface area (Å²) in [6.45, 7) is 2.55. The largest absolute Gasteiger partial charge is 0.340 e. The average molecular weight is 347 g/mol. The number of piperidine rings is 1. The van der Waals surface area contributed by atoms with Gasteiger partial charge in [0.1, 0.15) is 6.54 Å². The summed E-state index contributed by atoms with van der Waals surface area (Å²) >= 11 is 0. The molecule has 5 rings (SSSR count). The first-order chi connectivity index (χ1) is 12.7. The molecular formula is C21H21N3O2. The molecule has 1 saturated heterocycles. The molecule has 0 spiro atoms. The molecule has 4 heterocycles. The van der Waals surface area contributed by atoms with Crippen molar-refractivity contribution in [1.29, 1.82) is 0 Å². The summed E-state index contributed by atoms with van der Waals surface area (Å²) in [6, 6.07) is 15.7. The van der Waals surface area contributed by atoms with Crippen molar-refractivity contribution in [1.82, 2.24) is 14.0 Å². The maximum Gasteiger partial charge on any atom is 0.250 e. The number of carbonyl (C=O) groups excluding carboxylic acids is 1. The van der Waals surface area contributed by atoms with Crippen LogP contribution in [0.2, 0.25) is 0 Å². The number of rotatable bonds is 2. The van der Waals surface area contributed by atoms with Crippen LogP contribution in [0.3, 0.4) is 0 Å². The molecule has 2 atom stereocenters. The fraction of sp³-hybridized carbons (Fsp3) is 0.333. The first-order valence-electron chi connectivity index (χ1n) is 9.20. The van der Waals surface area contributed by atoms with Crippen LogP contribution in [-0.4, -0.2) is 33.0 Å². The van der Waals surface area contributed by atoms with Crippen LogP contribution in [-0.2, 0) is 17.9 Å². The topological polar surface area (TPSA) is 47.2 Å². The van der Waals surface area contributed by atoms with E-state index in [0.29, 0.717) is 19.0 Å². The summed E-state index contributed by atoms with van der Waals surface area (Å²) in [5.74, 6) is 0.793. The first-order valence-corrected chi connectivity index (χ1v) is 9.20. The Hall–Kier alpha value is -2.82. The van der Waals surface area contributed by atoms with Gasteiger partial charge in [-0.1, -0.05) is 24.3 Å². The maximum absolute atomic E-state index is 13.0. The molecule has 0 saturated carbocycles. The highest BCUT2D eigenvalue weighted by molar-refractivity contribution is 5.83. The van der Waals surface area contributed by atoms with Crippen LogP contribution in [0, 0.1) is 5.92 Å². The minimum absolute atomic E-state index is 0.0794. The molecule has 1 amide bonds. The lowest BCUT2D eigenvalue weighted by Gasteiger charge is -2.42. The SMILES string of the molecule is O=C(Cn1ccc2ccccc21)N1C[C@H]2C[C@H](C1)c1cccc(=O)n1C2. The molecule has 26 heavy (non-hydrogen) atoms. The molecule has 2 bridgehead atoms. The van der Waals surface area contributed by atoms with Gasteiger partial charge in [-0.25, -0.2) is 0 Å². The zero-order valence-electron chi connectivity index (χ0n) is 14.5. The van der Waals surface area contributed by atoms with Gasteiger partial charge in [0.25, 0.3) is 5.56 Å². The lowest BCUT2D eigenvalue weighted by atomic mass is 9.83. The number of amides is 1. The van der Waals surface area contributed by atoms with Crippen molar-refractivity contribution >= 4 is 16.8 Å². The molecule has 2 aliphatic heterocycles. The summed E-state index contributed by atoms with van der Waals surface area (Å²) in [5, 5.41) is 1.16. The molecule has 0 radical (unpaired) electrons. The summed E-state index contributed by atoms with van der Waals surface area (Å²) in [5.41, 5.74) is 2.25. The van der Waals surface area contributed by atoms with Gasteiger partial charge < -0.3 is 14.0 Å². The van der Waals surface area contributed by atoms with Crippen molar-refractivity contribution in [2.45, 2.75) is 25.4 Å². The predicted octanol–water partition coefficient (Wildman–Crippen LogP) is 2.45. The fourth-order valence-electron chi connectivity index (χ4n) is 4.62. The first kappa shape index (κ1) is 15.4. The third-order valence-corrected chi connectivity index (χ3v) is 5.82. The van der Waals surface area contributed by atoms with Gasteiger partial charge in [0.05, 0.1) is 0 Å². The van der Waals surface area contributed by atoms with E-state index in [9.17, 15) is 9.59 Å². The molecule has 3 aromatic rings. The normalized spacial score (nSPS) is 21.6. The summed E-state index contributed by atoms with van der Waals surface area (Å²) in [4.78, 5) is 27.1. The molecule has 0 aliphatic carbocycles. The van der Waals surface area contributed by atoms with Crippen LogP contribution in [0.4, 0.5) is 0 Å². The van der Waals surface area contributed by atoms with E-state index in [1.165, 1.54) is 0 Å². The third kappa shape index (κ3) is 2.46. The molecule has 1 fully saturated rings. The Morgan fingerprint density at radius 1 is 1.00 bits per heavy atom. The molecule has 1 aromatic carbocycles. The third-order valence-electron chi connectivity index (χ3n) is 5.82. The van der Waals surface area contributed by atoms with E-state index in [-0.39, 0.29) is 17.4 Å². The van der Waals surface area contributed by atoms with Gasteiger partial charge in [-0.2, -0.15) is 0 Å². The van der Waals surface area contributed by atoms with E-state index in [1.54, 1.807) is 6.07 Å². The predicted molar refractivity (Wildman–Crippen MR) is 100 cm³/mol. The van der Waals surface area contributed by atoms with Gasteiger partial charge in [-0.05, 0) is 35.9 Å². The quantitative estimate of drug-likeness (QED) is 0.715. The van der Waals surface area contributed by atoms with Crippen LogP contribution in [0.25, 0.3) is 10.9 Å². The molecule has 5 nitrogen and oxygen atoms in total. The van der Waals surface area contributed by atoms with Crippen LogP contribution < -0.4 is 5.56 Å². The number of hydrogen-bond acceptors (Lipinski definition) is 2. The monoisotopic (exact) mass is 347 g/mol. The molecular weight excluding hydrogens is 326 g/mol. The van der Waals surface area contributed by atoms with Gasteiger partial charge >= 0.3 is 0 Å². The molecule has 0 N–H and O–H groups in total. The van der Waals surface area contributed by atoms with Crippen LogP contribution in [0.5, 0.6) is 0 Å². The van der Waals surface area contributed by atoms with Crippen LogP contribution >= 0.6 is 0 Å². The van der Waals surface area contributed by atoms with E-state index in [0.717, 1.165) is 36.1 Å². The Morgan fingerprint density at radius 3 is 2.81 bits per heavy atom. The molecule has 2 aliphatic rings. The van der Waals surface area contributed by atoms with E-state index >= 15 is 0 Å². The van der Waals surface area contributed by atoms with Crippen molar-refractivity contribution in [3.8, 4) is 0 Å². The number of carbonyl (C=O) groups is 1. The van der Waals surface area contributed by atoms with Crippen molar-refractivity contribution in [3.63, 3.8) is 0 Å². The number of hydrogen-bond donors (Lipinski definition) is 0. The van der Waals surface area contributed by atoms with Gasteiger partial charge in [0, 0.05) is 49.0 Å². The maximum atomic E-state index is 13.0. The zero-order valence-corrected chi connectivity index (χ0v) is 14.5. The van der Waals surface area contributed by atoms with E-state index in [2.05, 4.69) is 18.2 Å². The number of para-hydroxylation sites is 1. The molecule has 5 heteroatoms. The molecule has 132 valence electrons. The average Bonchev–Trinajstić information content (AvgIpc) is 3.05. The lowest BCUT2D eigenvalue weighted by Crippen LogP contribution is -2.49. The summed E-state index contributed by atoms with van der Waals surface area (Å²) < 4.78 is 3.93. The Bertz CT molecular complexity index is 1050. The van der Waals surface area contributed by atoms with Crippen LogP contribution in [0.1, 0.15) is 18.0 Å². The van der Waals surface area contributed by atoms with Gasteiger partial charge in [0.15, 0.2) is 0 Å². The Kier molecular flexibility index (Phi) is 3.48. The van der Waals surface area contributed by atoms with E-state index in [4.69, 9.17) is 0 Å². The fourth-order valence-corrected chi connectivity index (χ4v) is 4.62. The highest BCUT2D eigenvalue weighted by Crippen LogP contribution is 2.35. The molecule has 2 aromatic heterocycles. The second-order valence-corrected chi connectivity index (χ2v) is 7.50. The van der Waals surface area contributed by atoms with Gasteiger partial charge in [0.2, 0.25) is 5.91 Å². The van der Waals surface area contributed by atoms with Gasteiger partial charge in [-0.3, -0.25) is 9.59 Å². The van der Waals surface area contributed by atoms with Crippen molar-refractivity contribution in [2.75, 3.05) is 13.1 Å². The number of nitrogens with zero attached hydrogens (tertiary/aromatic N) is 3. The van der Waals surface area contributed by atoms with Crippen molar-refractivity contribution in [2.24, 2.45) is 5.92 Å². The van der Waals surface area contributed by atoms with Gasteiger partial charge in [-0.15, -0.1) is 0 Å². The number of benzene rings is 1. The number of aromatic nitrogens is 2. The van der Waals surface area contributed by atoms with Crippen molar-refractivity contribution < 1.29 is 4.79 Å².